The third-order valence-electron chi connectivity index (χ3n) is 9.20. The second kappa shape index (κ2) is 6.80. The van der Waals surface area contributed by atoms with Crippen molar-refractivity contribution in [2.75, 3.05) is 0 Å². The summed E-state index contributed by atoms with van der Waals surface area (Å²) < 4.78 is 1.82. The Hall–Kier alpha value is -1.42. The Bertz CT molecular complexity index is 838. The number of carbonyl (C=O) groups excluding carboxylic acids is 1. The van der Waals surface area contributed by atoms with Gasteiger partial charge in [0, 0.05) is 12.1 Å². The highest BCUT2D eigenvalue weighted by atomic mass is 16.3. The average molecular weight is 397 g/mol. The van der Waals surface area contributed by atoms with E-state index >= 15 is 0 Å². The summed E-state index contributed by atoms with van der Waals surface area (Å²) in [5.74, 6) is 3.44. The fraction of sp³-hybridized carbons (Fsp3) is 0.760. The zero-order chi connectivity index (χ0) is 20.4. The number of aliphatic hydroxyl groups is 1. The molecule has 3 saturated carbocycles. The van der Waals surface area contributed by atoms with E-state index in [1.807, 2.05) is 30.8 Å². The van der Waals surface area contributed by atoms with Gasteiger partial charge in [-0.1, -0.05) is 18.6 Å². The molecule has 1 heterocycles. The first kappa shape index (κ1) is 19.5. The van der Waals surface area contributed by atoms with Gasteiger partial charge in [-0.05, 0) is 100 Å². The summed E-state index contributed by atoms with van der Waals surface area (Å²) >= 11 is 0. The molecule has 0 aliphatic heterocycles. The molecule has 1 aromatic heterocycles. The average Bonchev–Trinajstić information content (AvgIpc) is 3.22. The number of aryl methyl sites for hydroxylation is 1. The van der Waals surface area contributed by atoms with Crippen molar-refractivity contribution >= 4 is 5.78 Å². The van der Waals surface area contributed by atoms with Crippen LogP contribution in [0.15, 0.2) is 23.9 Å². The predicted octanol–water partition coefficient (Wildman–Crippen LogP) is 4.70. The maximum atomic E-state index is 13.2. The van der Waals surface area contributed by atoms with Crippen LogP contribution in [0.1, 0.15) is 70.9 Å². The number of hydrogen-bond acceptors (Lipinski definition) is 3. The van der Waals surface area contributed by atoms with E-state index in [1.165, 1.54) is 24.8 Å². The molecule has 1 aromatic rings. The van der Waals surface area contributed by atoms with Crippen LogP contribution < -0.4 is 0 Å². The Morgan fingerprint density at radius 3 is 2.79 bits per heavy atom. The summed E-state index contributed by atoms with van der Waals surface area (Å²) in [6.07, 6.45) is 13.2. The van der Waals surface area contributed by atoms with E-state index in [1.54, 1.807) is 0 Å². The summed E-state index contributed by atoms with van der Waals surface area (Å²) in [6.45, 7) is 6.83. The minimum atomic E-state index is -0.506. The van der Waals surface area contributed by atoms with Crippen molar-refractivity contribution in [1.29, 1.82) is 0 Å². The quantitative estimate of drug-likeness (QED) is 0.754. The Morgan fingerprint density at radius 2 is 2.03 bits per heavy atom. The summed E-state index contributed by atoms with van der Waals surface area (Å²) in [7, 11) is 0. The van der Waals surface area contributed by atoms with Gasteiger partial charge in [0.1, 0.15) is 0 Å². The van der Waals surface area contributed by atoms with Gasteiger partial charge in [-0.2, -0.15) is 5.10 Å². The molecule has 1 N–H and O–H groups in total. The van der Waals surface area contributed by atoms with Gasteiger partial charge in [0.2, 0.25) is 0 Å². The van der Waals surface area contributed by atoms with E-state index < -0.39 is 5.60 Å². The van der Waals surface area contributed by atoms with Crippen molar-refractivity contribution in [2.24, 2.45) is 35.0 Å². The number of carbonyl (C=O) groups is 1. The smallest absolute Gasteiger partial charge is 0.157 e. The van der Waals surface area contributed by atoms with E-state index in [4.69, 9.17) is 0 Å². The first-order chi connectivity index (χ1) is 13.8. The molecule has 4 aliphatic rings. The van der Waals surface area contributed by atoms with Crippen LogP contribution in [0.3, 0.4) is 0 Å². The molecule has 0 bridgehead atoms. The molecule has 0 radical (unpaired) electrons. The van der Waals surface area contributed by atoms with E-state index in [2.05, 4.69) is 18.1 Å². The number of aromatic nitrogens is 2. The van der Waals surface area contributed by atoms with Crippen LogP contribution in [0.2, 0.25) is 0 Å². The molecule has 4 heteroatoms. The number of nitrogens with zero attached hydrogens (tertiary/aromatic N) is 2. The van der Waals surface area contributed by atoms with Gasteiger partial charge in [-0.3, -0.25) is 9.48 Å². The lowest BCUT2D eigenvalue weighted by Crippen LogP contribution is -2.48. The third kappa shape index (κ3) is 3.22. The fourth-order valence-corrected chi connectivity index (χ4v) is 7.82. The fourth-order valence-electron chi connectivity index (χ4n) is 7.82. The highest BCUT2D eigenvalue weighted by molar-refractivity contribution is 5.82. The van der Waals surface area contributed by atoms with Crippen molar-refractivity contribution < 1.29 is 9.90 Å². The SMILES string of the molecule is Cc1ccn(CC(=O)C2CCC3C4CC=C5CC(C)(O)CCC5C4CCC23C)n1. The van der Waals surface area contributed by atoms with Gasteiger partial charge in [0.25, 0.3) is 0 Å². The Balaban J connectivity index is 1.34. The van der Waals surface area contributed by atoms with Crippen LogP contribution in [0.4, 0.5) is 0 Å². The van der Waals surface area contributed by atoms with Crippen molar-refractivity contribution in [1.82, 2.24) is 9.78 Å². The molecule has 3 fully saturated rings. The molecule has 158 valence electrons. The van der Waals surface area contributed by atoms with Gasteiger partial charge in [-0.25, -0.2) is 0 Å². The number of rotatable bonds is 3. The number of hydrogen-bond donors (Lipinski definition) is 1. The molecule has 4 nitrogen and oxygen atoms in total. The summed E-state index contributed by atoms with van der Waals surface area (Å²) in [4.78, 5) is 13.2. The molecule has 7 unspecified atom stereocenters. The van der Waals surface area contributed by atoms with Crippen molar-refractivity contribution in [3.05, 3.63) is 29.6 Å². The highest BCUT2D eigenvalue weighted by Crippen LogP contribution is 2.63. The second-order valence-corrected chi connectivity index (χ2v) is 11.1. The van der Waals surface area contributed by atoms with E-state index in [9.17, 15) is 9.90 Å². The van der Waals surface area contributed by atoms with Gasteiger partial charge in [-0.15, -0.1) is 0 Å². The maximum absolute atomic E-state index is 13.2. The Kier molecular flexibility index (Phi) is 4.58. The maximum Gasteiger partial charge on any atom is 0.157 e. The molecule has 0 saturated heterocycles. The largest absolute Gasteiger partial charge is 0.390 e. The van der Waals surface area contributed by atoms with Crippen LogP contribution in [0.5, 0.6) is 0 Å². The first-order valence-corrected chi connectivity index (χ1v) is 11.7. The summed E-state index contributed by atoms with van der Waals surface area (Å²) in [5, 5.41) is 15.0. The molecule has 0 amide bonds. The van der Waals surface area contributed by atoms with E-state index in [0.29, 0.717) is 24.2 Å². The van der Waals surface area contributed by atoms with Crippen molar-refractivity contribution in [3.63, 3.8) is 0 Å². The molecular weight excluding hydrogens is 360 g/mol. The highest BCUT2D eigenvalue weighted by Gasteiger charge is 2.57. The second-order valence-electron chi connectivity index (χ2n) is 11.1. The standard InChI is InChI=1S/C25H36N2O2/c1-16-10-13-27(26-16)15-23(28)22-7-6-21-20-5-4-17-14-24(2,29)11-8-18(17)19(20)9-12-25(21,22)3/h4,10,13,18-22,29H,5-9,11-12,14-15H2,1-3H3. The molecule has 0 spiro atoms. The normalized spacial score (nSPS) is 43.9. The van der Waals surface area contributed by atoms with Gasteiger partial charge in [0.05, 0.1) is 17.8 Å². The lowest BCUT2D eigenvalue weighted by atomic mass is 9.51. The Labute approximate surface area is 174 Å². The lowest BCUT2D eigenvalue weighted by molar-refractivity contribution is -0.129. The van der Waals surface area contributed by atoms with E-state index in [0.717, 1.165) is 49.6 Å². The zero-order valence-corrected chi connectivity index (χ0v) is 18.2. The molecule has 7 atom stereocenters. The van der Waals surface area contributed by atoms with Crippen molar-refractivity contribution in [3.8, 4) is 0 Å². The zero-order valence-electron chi connectivity index (χ0n) is 18.2. The number of Topliss-reactive ketones (excluding diaryl/α,β-unsaturated/α-hetero) is 1. The molecular formula is C25H36N2O2. The van der Waals surface area contributed by atoms with Crippen molar-refractivity contribution in [2.45, 2.75) is 84.3 Å². The van der Waals surface area contributed by atoms with Gasteiger partial charge >= 0.3 is 0 Å². The number of ketones is 1. The molecule has 5 rings (SSSR count). The topological polar surface area (TPSA) is 55.1 Å². The number of fused-ring (bicyclic) bond motifs is 5. The summed E-state index contributed by atoms with van der Waals surface area (Å²) in [6, 6.07) is 1.98. The third-order valence-corrected chi connectivity index (χ3v) is 9.20. The van der Waals surface area contributed by atoms with Crippen LogP contribution in [0, 0.1) is 41.9 Å². The lowest BCUT2D eigenvalue weighted by Gasteiger charge is -2.54. The number of allylic oxidation sites excluding steroid dienone is 1. The predicted molar refractivity (Wildman–Crippen MR) is 113 cm³/mol. The Morgan fingerprint density at radius 1 is 1.21 bits per heavy atom. The monoisotopic (exact) mass is 396 g/mol. The van der Waals surface area contributed by atoms with Gasteiger partial charge < -0.3 is 5.11 Å². The summed E-state index contributed by atoms with van der Waals surface area (Å²) in [5.41, 5.74) is 2.16. The van der Waals surface area contributed by atoms with E-state index in [-0.39, 0.29) is 11.3 Å². The minimum absolute atomic E-state index is 0.159. The van der Waals surface area contributed by atoms with Crippen LogP contribution in [-0.2, 0) is 11.3 Å². The minimum Gasteiger partial charge on any atom is -0.390 e. The molecule has 4 aliphatic carbocycles. The van der Waals surface area contributed by atoms with Crippen LogP contribution >= 0.6 is 0 Å². The molecule has 29 heavy (non-hydrogen) atoms. The first-order valence-electron chi connectivity index (χ1n) is 11.7. The van der Waals surface area contributed by atoms with Crippen LogP contribution in [0.25, 0.3) is 0 Å². The molecule has 0 aromatic carbocycles. The van der Waals surface area contributed by atoms with Gasteiger partial charge in [0.15, 0.2) is 5.78 Å². The van der Waals surface area contributed by atoms with Crippen LogP contribution in [-0.4, -0.2) is 26.3 Å².